The van der Waals surface area contributed by atoms with Crippen LogP contribution in [0.3, 0.4) is 0 Å². The molecule has 14 heavy (non-hydrogen) atoms. The van der Waals surface area contributed by atoms with Crippen molar-refractivity contribution in [3.05, 3.63) is 36.5 Å². The van der Waals surface area contributed by atoms with Gasteiger partial charge in [0, 0.05) is 13.2 Å². The predicted octanol–water partition coefficient (Wildman–Crippen LogP) is 0.713. The summed E-state index contributed by atoms with van der Waals surface area (Å²) in [5.74, 6) is -0.412. The van der Waals surface area contributed by atoms with Gasteiger partial charge in [-0.1, -0.05) is 24.8 Å². The highest BCUT2D eigenvalue weighted by Crippen LogP contribution is 1.94. The zero-order valence-corrected chi connectivity index (χ0v) is 8.36. The largest absolute Gasteiger partial charge is 0.351 e. The minimum Gasteiger partial charge on any atom is -0.351 e. The average molecular weight is 197 g/mol. The van der Waals surface area contributed by atoms with E-state index in [1.54, 1.807) is 25.2 Å². The Kier molecular flexibility index (Phi) is 6.36. The van der Waals surface area contributed by atoms with E-state index in [9.17, 15) is 4.79 Å². The third kappa shape index (κ3) is 6.16. The second-order valence-corrected chi connectivity index (χ2v) is 2.58. The monoisotopic (exact) mass is 197 g/mol. The third-order valence-electron chi connectivity index (χ3n) is 1.34. The van der Waals surface area contributed by atoms with Crippen LogP contribution in [-0.4, -0.2) is 24.5 Å². The van der Waals surface area contributed by atoms with Crippen LogP contribution in [0.5, 0.6) is 0 Å². The molecule has 0 aliphatic carbocycles. The highest BCUT2D eigenvalue weighted by Gasteiger charge is 2.03. The Morgan fingerprint density at radius 3 is 2.79 bits per heavy atom. The summed E-state index contributed by atoms with van der Waals surface area (Å²) in [5.41, 5.74) is 0.755. The average Bonchev–Trinajstić information content (AvgIpc) is 2.14. The molecule has 1 amide bonds. The van der Waals surface area contributed by atoms with Gasteiger partial charge in [-0.05, 0) is 12.5 Å². The Bertz CT molecular complexity index is 256. The number of nitrogens with one attached hydrogen (secondary N) is 1. The van der Waals surface area contributed by atoms with E-state index >= 15 is 0 Å². The molecule has 0 aromatic carbocycles. The van der Waals surface area contributed by atoms with Crippen LogP contribution in [0.2, 0.25) is 0 Å². The highest BCUT2D eigenvalue weighted by molar-refractivity contribution is 5.88. The maximum atomic E-state index is 11.1. The van der Waals surface area contributed by atoms with Gasteiger partial charge in [-0.3, -0.25) is 4.79 Å². The van der Waals surface area contributed by atoms with E-state index in [0.717, 1.165) is 5.57 Å². The van der Waals surface area contributed by atoms with E-state index in [-0.39, 0.29) is 0 Å². The van der Waals surface area contributed by atoms with Crippen molar-refractivity contribution in [2.24, 2.45) is 0 Å². The fraction of sp³-hybridized carbons (Fsp3) is 0.300. The summed E-state index contributed by atoms with van der Waals surface area (Å²) in [5, 5.41) is 11.1. The van der Waals surface area contributed by atoms with Crippen molar-refractivity contribution in [3.63, 3.8) is 0 Å². The molecule has 0 aliphatic heterocycles. The molecule has 0 rings (SSSR count). The topological polar surface area (TPSA) is 58.6 Å². The van der Waals surface area contributed by atoms with Crippen molar-refractivity contribution < 1.29 is 14.6 Å². The quantitative estimate of drug-likeness (QED) is 0.388. The maximum Gasteiger partial charge on any atom is 0.248 e. The van der Waals surface area contributed by atoms with Gasteiger partial charge in [0.05, 0.1) is 0 Å². The number of hydrogen-bond donors (Lipinski definition) is 2. The standard InChI is InChI=1S/C10H15NO3/c1-4-5-6-8(2)7-9(12)11-10(13)14-3/h4-7,10,13H,1H2,2-3H3,(H,11,12)/b6-5-,8-7+. The van der Waals surface area contributed by atoms with Crippen LogP contribution in [0.4, 0.5) is 0 Å². The van der Waals surface area contributed by atoms with Gasteiger partial charge in [-0.2, -0.15) is 0 Å². The van der Waals surface area contributed by atoms with Crippen LogP contribution in [0.15, 0.2) is 36.5 Å². The molecular formula is C10H15NO3. The number of carbonyl (C=O) groups is 1. The van der Waals surface area contributed by atoms with Gasteiger partial charge in [0.2, 0.25) is 12.3 Å². The summed E-state index contributed by atoms with van der Waals surface area (Å²) in [6.45, 7) is 5.26. The minimum atomic E-state index is -1.27. The zero-order valence-electron chi connectivity index (χ0n) is 8.36. The number of ether oxygens (including phenoxy) is 1. The van der Waals surface area contributed by atoms with Crippen molar-refractivity contribution in [2.75, 3.05) is 7.11 Å². The van der Waals surface area contributed by atoms with Crippen molar-refractivity contribution in [1.29, 1.82) is 0 Å². The molecule has 0 aromatic rings. The molecule has 0 radical (unpaired) electrons. The summed E-state index contributed by atoms with van der Waals surface area (Å²) >= 11 is 0. The molecule has 1 unspecified atom stereocenters. The number of carbonyl (C=O) groups excluding carboxylic acids is 1. The molecule has 0 saturated carbocycles. The lowest BCUT2D eigenvalue weighted by Crippen LogP contribution is -2.34. The number of aliphatic hydroxyl groups excluding tert-OH is 1. The van der Waals surface area contributed by atoms with Crippen molar-refractivity contribution in [2.45, 2.75) is 13.3 Å². The molecule has 0 bridgehead atoms. The lowest BCUT2D eigenvalue weighted by Gasteiger charge is -2.08. The van der Waals surface area contributed by atoms with Crippen LogP contribution in [0.1, 0.15) is 6.92 Å². The highest BCUT2D eigenvalue weighted by atomic mass is 16.6. The third-order valence-corrected chi connectivity index (χ3v) is 1.34. The lowest BCUT2D eigenvalue weighted by atomic mass is 10.2. The molecule has 78 valence electrons. The van der Waals surface area contributed by atoms with E-state index in [4.69, 9.17) is 5.11 Å². The number of methoxy groups -OCH3 is 1. The molecule has 0 fully saturated rings. The van der Waals surface area contributed by atoms with E-state index in [1.807, 2.05) is 0 Å². The molecule has 0 saturated heterocycles. The van der Waals surface area contributed by atoms with E-state index < -0.39 is 12.3 Å². The summed E-state index contributed by atoms with van der Waals surface area (Å²) in [7, 11) is 1.29. The molecule has 4 heteroatoms. The normalized spacial score (nSPS) is 14.1. The summed E-state index contributed by atoms with van der Waals surface area (Å²) in [4.78, 5) is 11.1. The van der Waals surface area contributed by atoms with E-state index in [1.165, 1.54) is 13.2 Å². The number of amides is 1. The van der Waals surface area contributed by atoms with Gasteiger partial charge in [0.25, 0.3) is 0 Å². The molecule has 0 aromatic heterocycles. The van der Waals surface area contributed by atoms with Gasteiger partial charge >= 0.3 is 0 Å². The van der Waals surface area contributed by atoms with Crippen LogP contribution >= 0.6 is 0 Å². The zero-order chi connectivity index (χ0) is 11.0. The lowest BCUT2D eigenvalue weighted by molar-refractivity contribution is -0.135. The first-order chi connectivity index (χ1) is 6.60. The molecule has 0 aliphatic rings. The van der Waals surface area contributed by atoms with Gasteiger partial charge in [0.15, 0.2) is 0 Å². The Balaban J connectivity index is 4.14. The van der Waals surface area contributed by atoms with E-state index in [2.05, 4.69) is 16.6 Å². The van der Waals surface area contributed by atoms with Gasteiger partial charge in [0.1, 0.15) is 0 Å². The number of rotatable bonds is 5. The second-order valence-electron chi connectivity index (χ2n) is 2.58. The van der Waals surface area contributed by atoms with Crippen molar-refractivity contribution >= 4 is 5.91 Å². The number of aliphatic hydroxyl groups is 1. The fourth-order valence-corrected chi connectivity index (χ4v) is 0.697. The van der Waals surface area contributed by atoms with Crippen LogP contribution in [0, 0.1) is 0 Å². The summed E-state index contributed by atoms with van der Waals surface area (Å²) < 4.78 is 4.44. The number of allylic oxidation sites excluding steroid dienone is 4. The molecule has 0 heterocycles. The minimum absolute atomic E-state index is 0.412. The van der Waals surface area contributed by atoms with Gasteiger partial charge in [-0.15, -0.1) is 0 Å². The first kappa shape index (κ1) is 12.6. The Hall–Kier alpha value is -1.39. The fourth-order valence-electron chi connectivity index (χ4n) is 0.697. The van der Waals surface area contributed by atoms with Gasteiger partial charge < -0.3 is 15.2 Å². The van der Waals surface area contributed by atoms with E-state index in [0.29, 0.717) is 0 Å². The van der Waals surface area contributed by atoms with Crippen LogP contribution in [0.25, 0.3) is 0 Å². The second kappa shape index (κ2) is 7.06. The summed E-state index contributed by atoms with van der Waals surface area (Å²) in [6, 6.07) is 0. The number of hydrogen-bond acceptors (Lipinski definition) is 3. The maximum absolute atomic E-state index is 11.1. The molecule has 4 nitrogen and oxygen atoms in total. The van der Waals surface area contributed by atoms with Crippen molar-refractivity contribution in [3.8, 4) is 0 Å². The van der Waals surface area contributed by atoms with Crippen LogP contribution < -0.4 is 5.32 Å². The SMILES string of the molecule is C=C/C=C\C(C)=C\C(=O)NC(O)OC. The Labute approximate surface area is 83.6 Å². The first-order valence-electron chi connectivity index (χ1n) is 4.09. The predicted molar refractivity (Wildman–Crippen MR) is 54.3 cm³/mol. The molecular weight excluding hydrogens is 182 g/mol. The molecule has 1 atom stereocenters. The molecule has 2 N–H and O–H groups in total. The van der Waals surface area contributed by atoms with Gasteiger partial charge in [-0.25, -0.2) is 0 Å². The Morgan fingerprint density at radius 2 is 2.29 bits per heavy atom. The molecule has 0 spiro atoms. The van der Waals surface area contributed by atoms with Crippen LogP contribution in [-0.2, 0) is 9.53 Å². The first-order valence-corrected chi connectivity index (χ1v) is 4.09. The Morgan fingerprint density at radius 1 is 1.64 bits per heavy atom. The summed E-state index contributed by atoms with van der Waals surface area (Å²) in [6.07, 6.45) is 5.13. The van der Waals surface area contributed by atoms with Crippen molar-refractivity contribution in [1.82, 2.24) is 5.32 Å². The smallest absolute Gasteiger partial charge is 0.248 e.